The van der Waals surface area contributed by atoms with Gasteiger partial charge in [0.1, 0.15) is 0 Å². The fourth-order valence-corrected chi connectivity index (χ4v) is 3.40. The summed E-state index contributed by atoms with van der Waals surface area (Å²) in [5, 5.41) is 2.39. The van der Waals surface area contributed by atoms with Crippen LogP contribution in [0.15, 0.2) is 33.9 Å². The number of aromatic amines is 1. The van der Waals surface area contributed by atoms with Gasteiger partial charge in [-0.3, -0.25) is 4.79 Å². The molecular formula is C17H11BrF6N4OS. The Morgan fingerprint density at radius 1 is 1.07 bits per heavy atom. The zero-order chi connectivity index (χ0) is 22.3. The summed E-state index contributed by atoms with van der Waals surface area (Å²) < 4.78 is 78.1. The Bertz CT molecular complexity index is 1040. The Hall–Kier alpha value is -2.28. The Morgan fingerprint density at radius 3 is 2.23 bits per heavy atom. The number of hydrogen-bond acceptors (Lipinski definition) is 4. The molecule has 3 rings (SSSR count). The second kappa shape index (κ2) is 8.10. The van der Waals surface area contributed by atoms with Crippen LogP contribution in [0.1, 0.15) is 16.8 Å². The van der Waals surface area contributed by atoms with E-state index in [0.717, 1.165) is 16.2 Å². The Balaban J connectivity index is 1.74. The van der Waals surface area contributed by atoms with Crippen LogP contribution >= 0.6 is 27.7 Å². The van der Waals surface area contributed by atoms with Crippen molar-refractivity contribution in [3.05, 3.63) is 45.6 Å². The first kappa shape index (κ1) is 22.4. The molecule has 0 saturated carbocycles. The number of fused-ring (bicyclic) bond motifs is 1. The molecule has 1 aromatic carbocycles. The standard InChI is InChI=1S/C17H11BrF6N4OS/c1-7-11(18)5-12-14(25-7)28-15(27-12)30-6-13(29)26-10-3-8(16(19,20)21)2-9(4-10)17(22,23)24/h2-5H,6H2,1H3,(H,26,29)(H,25,27,28). The summed E-state index contributed by atoms with van der Waals surface area (Å²) in [5.74, 6) is -1.09. The summed E-state index contributed by atoms with van der Waals surface area (Å²) in [6.07, 6.45) is -9.99. The molecule has 3 aromatic rings. The molecule has 0 bridgehead atoms. The van der Waals surface area contributed by atoms with Crippen LogP contribution in [-0.4, -0.2) is 26.6 Å². The number of thioether (sulfide) groups is 1. The molecular weight excluding hydrogens is 502 g/mol. The highest BCUT2D eigenvalue weighted by molar-refractivity contribution is 9.10. The van der Waals surface area contributed by atoms with E-state index < -0.39 is 35.1 Å². The quantitative estimate of drug-likeness (QED) is 0.342. The summed E-state index contributed by atoms with van der Waals surface area (Å²) in [7, 11) is 0. The molecule has 30 heavy (non-hydrogen) atoms. The summed E-state index contributed by atoms with van der Waals surface area (Å²) in [6.45, 7) is 1.77. The summed E-state index contributed by atoms with van der Waals surface area (Å²) in [5.41, 5.74) is -1.91. The van der Waals surface area contributed by atoms with E-state index in [9.17, 15) is 31.1 Å². The average Bonchev–Trinajstić information content (AvgIpc) is 3.00. The molecule has 2 N–H and O–H groups in total. The molecule has 0 saturated heterocycles. The van der Waals surface area contributed by atoms with E-state index in [1.165, 1.54) is 0 Å². The van der Waals surface area contributed by atoms with Crippen LogP contribution in [0.2, 0.25) is 0 Å². The van der Waals surface area contributed by atoms with E-state index >= 15 is 0 Å². The lowest BCUT2D eigenvalue weighted by Crippen LogP contribution is -2.17. The number of pyridine rings is 1. The van der Waals surface area contributed by atoms with Crippen molar-refractivity contribution < 1.29 is 31.1 Å². The van der Waals surface area contributed by atoms with Crippen molar-refractivity contribution >= 4 is 50.5 Å². The Labute approximate surface area is 177 Å². The van der Waals surface area contributed by atoms with E-state index in [4.69, 9.17) is 0 Å². The number of carbonyl (C=O) groups is 1. The fraction of sp³-hybridized carbons (Fsp3) is 0.235. The summed E-state index contributed by atoms with van der Waals surface area (Å²) in [6, 6.07) is 2.63. The van der Waals surface area contributed by atoms with Crippen molar-refractivity contribution in [2.24, 2.45) is 0 Å². The van der Waals surface area contributed by atoms with E-state index in [0.29, 0.717) is 34.1 Å². The molecule has 0 unspecified atom stereocenters. The molecule has 0 fully saturated rings. The van der Waals surface area contributed by atoms with Crippen molar-refractivity contribution in [1.82, 2.24) is 15.0 Å². The molecule has 0 aliphatic heterocycles. The molecule has 2 aromatic heterocycles. The highest BCUT2D eigenvalue weighted by Crippen LogP contribution is 2.37. The Kier molecular flexibility index (Phi) is 6.05. The number of nitrogens with zero attached hydrogens (tertiary/aromatic N) is 2. The smallest absolute Gasteiger partial charge is 0.331 e. The summed E-state index contributed by atoms with van der Waals surface area (Å²) in [4.78, 5) is 23.4. The fourth-order valence-electron chi connectivity index (χ4n) is 2.41. The molecule has 5 nitrogen and oxygen atoms in total. The van der Waals surface area contributed by atoms with Gasteiger partial charge in [0.15, 0.2) is 10.8 Å². The number of hydrogen-bond donors (Lipinski definition) is 2. The van der Waals surface area contributed by atoms with Crippen LogP contribution in [0, 0.1) is 6.92 Å². The van der Waals surface area contributed by atoms with Crippen molar-refractivity contribution in [2.75, 3.05) is 11.1 Å². The van der Waals surface area contributed by atoms with E-state index in [1.807, 2.05) is 0 Å². The summed E-state index contributed by atoms with van der Waals surface area (Å²) >= 11 is 4.25. The molecule has 0 aliphatic carbocycles. The third kappa shape index (κ3) is 5.25. The van der Waals surface area contributed by atoms with Gasteiger partial charge in [0.2, 0.25) is 5.91 Å². The van der Waals surface area contributed by atoms with Crippen molar-refractivity contribution in [3.8, 4) is 0 Å². The minimum Gasteiger partial charge on any atom is -0.331 e. The van der Waals surface area contributed by atoms with Gasteiger partial charge in [0.05, 0.1) is 28.1 Å². The van der Waals surface area contributed by atoms with Crippen LogP contribution in [0.25, 0.3) is 11.2 Å². The number of anilines is 1. The van der Waals surface area contributed by atoms with Gasteiger partial charge in [-0.05, 0) is 47.1 Å². The van der Waals surface area contributed by atoms with Gasteiger partial charge in [-0.1, -0.05) is 11.8 Å². The first-order valence-corrected chi connectivity index (χ1v) is 9.86. The van der Waals surface area contributed by atoms with Crippen LogP contribution in [-0.2, 0) is 17.1 Å². The number of nitrogens with one attached hydrogen (secondary N) is 2. The second-order valence-electron chi connectivity index (χ2n) is 6.10. The van der Waals surface area contributed by atoms with E-state index in [-0.39, 0.29) is 11.8 Å². The number of rotatable bonds is 4. The van der Waals surface area contributed by atoms with Gasteiger partial charge >= 0.3 is 12.4 Å². The minimum atomic E-state index is -5.00. The largest absolute Gasteiger partial charge is 0.416 e. The topological polar surface area (TPSA) is 70.7 Å². The molecule has 0 aliphatic rings. The van der Waals surface area contributed by atoms with Gasteiger partial charge in [0.25, 0.3) is 0 Å². The lowest BCUT2D eigenvalue weighted by Gasteiger charge is -2.14. The third-order valence-corrected chi connectivity index (χ3v) is 5.47. The van der Waals surface area contributed by atoms with Gasteiger partial charge in [-0.15, -0.1) is 0 Å². The number of halogens is 7. The van der Waals surface area contributed by atoms with Crippen molar-refractivity contribution in [1.29, 1.82) is 0 Å². The third-order valence-electron chi connectivity index (χ3n) is 3.79. The molecule has 1 amide bonds. The predicted octanol–water partition coefficient (Wildman–Crippen LogP) is 5.80. The molecule has 13 heteroatoms. The SMILES string of the molecule is Cc1nc2nc(SCC(=O)Nc3cc(C(F)(F)F)cc(C(F)(F)F)c3)[nH]c2cc1Br. The number of amides is 1. The van der Waals surface area contributed by atoms with E-state index in [2.05, 4.69) is 36.2 Å². The van der Waals surface area contributed by atoms with Gasteiger partial charge in [-0.25, -0.2) is 9.97 Å². The number of aryl methyl sites for hydroxylation is 1. The number of alkyl halides is 6. The molecule has 2 heterocycles. The van der Waals surface area contributed by atoms with E-state index in [1.54, 1.807) is 13.0 Å². The number of benzene rings is 1. The first-order chi connectivity index (χ1) is 13.8. The molecule has 0 atom stereocenters. The van der Waals surface area contributed by atoms with Gasteiger partial charge < -0.3 is 10.3 Å². The van der Waals surface area contributed by atoms with Crippen LogP contribution in [0.5, 0.6) is 0 Å². The van der Waals surface area contributed by atoms with Crippen molar-refractivity contribution in [3.63, 3.8) is 0 Å². The zero-order valence-corrected chi connectivity index (χ0v) is 17.3. The van der Waals surface area contributed by atoms with Crippen molar-refractivity contribution in [2.45, 2.75) is 24.4 Å². The number of H-pyrrole nitrogens is 1. The lowest BCUT2D eigenvalue weighted by atomic mass is 10.1. The maximum absolute atomic E-state index is 12.9. The van der Waals surface area contributed by atoms with Crippen LogP contribution < -0.4 is 5.32 Å². The van der Waals surface area contributed by atoms with Crippen LogP contribution in [0.3, 0.4) is 0 Å². The highest BCUT2D eigenvalue weighted by Gasteiger charge is 2.37. The first-order valence-electron chi connectivity index (χ1n) is 8.08. The monoisotopic (exact) mass is 512 g/mol. The molecule has 0 spiro atoms. The number of imidazole rings is 1. The number of aromatic nitrogens is 3. The molecule has 160 valence electrons. The Morgan fingerprint density at radius 2 is 1.67 bits per heavy atom. The second-order valence-corrected chi connectivity index (χ2v) is 7.92. The molecule has 0 radical (unpaired) electrons. The average molecular weight is 513 g/mol. The minimum absolute atomic E-state index is 0.00801. The zero-order valence-electron chi connectivity index (χ0n) is 14.9. The van der Waals surface area contributed by atoms with Crippen LogP contribution in [0.4, 0.5) is 32.0 Å². The normalized spacial score (nSPS) is 12.4. The van der Waals surface area contributed by atoms with Gasteiger partial charge in [0, 0.05) is 10.2 Å². The maximum atomic E-state index is 12.9. The van der Waals surface area contributed by atoms with Gasteiger partial charge in [-0.2, -0.15) is 26.3 Å². The maximum Gasteiger partial charge on any atom is 0.416 e. The predicted molar refractivity (Wildman–Crippen MR) is 102 cm³/mol. The highest BCUT2D eigenvalue weighted by atomic mass is 79.9. The lowest BCUT2D eigenvalue weighted by molar-refractivity contribution is -0.143. The number of carbonyl (C=O) groups excluding carboxylic acids is 1.